The molecule has 7 heteroatoms. The quantitative estimate of drug-likeness (QED) is 0.513. The monoisotopic (exact) mass is 486 g/mol. The molecule has 0 saturated heterocycles. The number of hydrogen-bond donors (Lipinski definition) is 0. The van der Waals surface area contributed by atoms with E-state index in [0.29, 0.717) is 6.42 Å². The van der Waals surface area contributed by atoms with Gasteiger partial charge < -0.3 is 24.8 Å². The Bertz CT molecular complexity index is 1100. The van der Waals surface area contributed by atoms with Gasteiger partial charge in [0, 0.05) is 0 Å². The van der Waals surface area contributed by atoms with Gasteiger partial charge in [0.25, 0.3) is 0 Å². The summed E-state index contributed by atoms with van der Waals surface area (Å²) in [5, 5.41) is 1.08. The molecular formula is C23H17Cl2CrF3N. The van der Waals surface area contributed by atoms with Crippen molar-refractivity contribution in [3.05, 3.63) is 101 Å². The predicted octanol–water partition coefficient (Wildman–Crippen LogP) is 0.133. The van der Waals surface area contributed by atoms with Gasteiger partial charge in [0.2, 0.25) is 0 Å². The van der Waals surface area contributed by atoms with Crippen LogP contribution in [-0.2, 0) is 33.2 Å². The summed E-state index contributed by atoms with van der Waals surface area (Å²) in [6.07, 6.45) is 2.24. The van der Waals surface area contributed by atoms with Crippen LogP contribution in [0.2, 0.25) is 0 Å². The van der Waals surface area contributed by atoms with Gasteiger partial charge in [-0.1, -0.05) is 0 Å². The number of halogens is 5. The molecule has 0 spiro atoms. The van der Waals surface area contributed by atoms with Gasteiger partial charge in [-0.05, 0) is 0 Å². The Morgan fingerprint density at radius 1 is 0.967 bits per heavy atom. The van der Waals surface area contributed by atoms with Crippen molar-refractivity contribution in [1.82, 2.24) is 4.98 Å². The van der Waals surface area contributed by atoms with Gasteiger partial charge >= 0.3 is 170 Å². The normalized spacial score (nSPS) is 18.2. The molecule has 4 rings (SSSR count). The second-order valence-electron chi connectivity index (χ2n) is 6.97. The Kier molecular flexibility index (Phi) is 7.48. The third-order valence-electron chi connectivity index (χ3n) is 5.27. The predicted molar refractivity (Wildman–Crippen MR) is 100 cm³/mol. The zero-order valence-corrected chi connectivity index (χ0v) is 18.7. The molecule has 1 aliphatic rings. The van der Waals surface area contributed by atoms with Crippen molar-refractivity contribution in [2.24, 2.45) is 0 Å². The van der Waals surface area contributed by atoms with E-state index in [1.165, 1.54) is 0 Å². The molecule has 1 nitrogen and oxygen atoms in total. The van der Waals surface area contributed by atoms with E-state index >= 15 is 0 Å². The Labute approximate surface area is 194 Å². The van der Waals surface area contributed by atoms with Crippen LogP contribution in [0, 0.1) is 0 Å². The van der Waals surface area contributed by atoms with Crippen LogP contribution < -0.4 is 24.8 Å². The molecule has 0 radical (unpaired) electrons. The fraction of sp³-hybridized carbons (Fsp3) is 0.174. The third kappa shape index (κ3) is 4.45. The van der Waals surface area contributed by atoms with Gasteiger partial charge in [-0.3, -0.25) is 0 Å². The molecule has 30 heavy (non-hydrogen) atoms. The molecule has 0 saturated carbocycles. The molecule has 2 aromatic carbocycles. The van der Waals surface area contributed by atoms with E-state index in [9.17, 15) is 13.2 Å². The van der Waals surface area contributed by atoms with E-state index in [1.807, 2.05) is 24.3 Å². The van der Waals surface area contributed by atoms with Crippen LogP contribution in [0.1, 0.15) is 23.6 Å². The van der Waals surface area contributed by atoms with Gasteiger partial charge in [0.15, 0.2) is 0 Å². The summed E-state index contributed by atoms with van der Waals surface area (Å²) in [6, 6.07) is 15.5. The summed E-state index contributed by atoms with van der Waals surface area (Å²) < 4.78 is 37.9. The number of fused-ring (bicyclic) bond motifs is 1. The van der Waals surface area contributed by atoms with Crippen molar-refractivity contribution in [1.29, 1.82) is 0 Å². The summed E-state index contributed by atoms with van der Waals surface area (Å²) >= 11 is 3.32. The molecule has 1 aliphatic carbocycles. The number of aromatic nitrogens is 1. The Morgan fingerprint density at radius 2 is 1.63 bits per heavy atom. The third-order valence-corrected chi connectivity index (χ3v) is 6.30. The van der Waals surface area contributed by atoms with E-state index in [4.69, 9.17) is 0 Å². The molecular weight excluding hydrogens is 470 g/mol. The van der Waals surface area contributed by atoms with Crippen LogP contribution in [0.25, 0.3) is 10.9 Å². The van der Waals surface area contributed by atoms with Crippen LogP contribution in [0.3, 0.4) is 0 Å². The first kappa shape index (κ1) is 24.5. The number of alkyl halides is 3. The number of allylic oxidation sites excluding steroid dienone is 4. The fourth-order valence-corrected chi connectivity index (χ4v) is 4.19. The smallest absolute Gasteiger partial charge is 1.00 e. The maximum atomic E-state index is 12.8. The molecule has 0 N–H and O–H groups in total. The molecule has 1 heterocycles. The number of benzene rings is 2. The minimum Gasteiger partial charge on any atom is -1.00 e. The summed E-state index contributed by atoms with van der Waals surface area (Å²) in [7, 11) is 0. The molecule has 1 unspecified atom stereocenters. The first-order valence-corrected chi connectivity index (χ1v) is 9.53. The molecule has 155 valence electrons. The zero-order valence-electron chi connectivity index (χ0n) is 15.9. The molecule has 0 amide bonds. The van der Waals surface area contributed by atoms with Crippen molar-refractivity contribution in [3.8, 4) is 0 Å². The average molecular weight is 487 g/mol. The van der Waals surface area contributed by atoms with Crippen molar-refractivity contribution in [2.75, 3.05) is 0 Å². The topological polar surface area (TPSA) is 12.9 Å². The van der Waals surface area contributed by atoms with Gasteiger partial charge in [-0.2, -0.15) is 0 Å². The Balaban J connectivity index is 0.00000160. The number of pyridine rings is 1. The molecule has 1 atom stereocenters. The maximum Gasteiger partial charge on any atom is -1.00 e. The van der Waals surface area contributed by atoms with E-state index in [-0.39, 0.29) is 24.8 Å². The van der Waals surface area contributed by atoms with Crippen LogP contribution in [0.5, 0.6) is 0 Å². The average Bonchev–Trinajstić information content (AvgIpc) is 2.97. The van der Waals surface area contributed by atoms with Gasteiger partial charge in [-0.15, -0.1) is 0 Å². The first-order valence-electron chi connectivity index (χ1n) is 8.89. The summed E-state index contributed by atoms with van der Waals surface area (Å²) in [6.45, 7) is 2.07. The van der Waals surface area contributed by atoms with Gasteiger partial charge in [0.1, 0.15) is 0 Å². The van der Waals surface area contributed by atoms with E-state index in [0.717, 1.165) is 45.3 Å². The number of hydrogen-bond acceptors (Lipinski definition) is 1. The zero-order chi connectivity index (χ0) is 19.9. The summed E-state index contributed by atoms with van der Waals surface area (Å²) in [4.78, 5) is 4.56. The van der Waals surface area contributed by atoms with E-state index in [2.05, 4.69) is 46.4 Å². The molecule has 0 fully saturated rings. The van der Waals surface area contributed by atoms with Crippen molar-refractivity contribution >= 4 is 10.9 Å². The van der Waals surface area contributed by atoms with Crippen LogP contribution >= 0.6 is 0 Å². The summed E-state index contributed by atoms with van der Waals surface area (Å²) in [5.41, 5.74) is 4.51. The summed E-state index contributed by atoms with van der Waals surface area (Å²) in [5.74, 6) is 0. The van der Waals surface area contributed by atoms with Crippen LogP contribution in [-0.4, -0.2) is 4.98 Å². The molecule has 0 bridgehead atoms. The van der Waals surface area contributed by atoms with Gasteiger partial charge in [-0.25, -0.2) is 0 Å². The fourth-order valence-electron chi connectivity index (χ4n) is 3.63. The Hall–Kier alpha value is -1.77. The van der Waals surface area contributed by atoms with Gasteiger partial charge in [0.05, 0.1) is 0 Å². The number of para-hydroxylation sites is 1. The molecule has 3 aromatic rings. The maximum absolute atomic E-state index is 12.8. The second-order valence-corrected chi connectivity index (χ2v) is 7.98. The van der Waals surface area contributed by atoms with Crippen molar-refractivity contribution in [2.45, 2.75) is 23.8 Å². The van der Waals surface area contributed by atoms with Crippen molar-refractivity contribution < 1.29 is 54.3 Å². The molecule has 0 aliphatic heterocycles. The largest absolute Gasteiger partial charge is 1.00 e. The minimum absolute atomic E-state index is 0. The van der Waals surface area contributed by atoms with Crippen molar-refractivity contribution in [3.63, 3.8) is 0 Å². The van der Waals surface area contributed by atoms with E-state index < -0.39 is 16.0 Å². The number of nitrogens with zero attached hydrogens (tertiary/aromatic N) is 1. The minimum atomic E-state index is -4.31. The number of rotatable bonds is 3. The molecule has 1 aromatic heterocycles. The first-order chi connectivity index (χ1) is 13.3. The second kappa shape index (κ2) is 9.16. The van der Waals surface area contributed by atoms with E-state index in [1.54, 1.807) is 18.3 Å². The standard InChI is InChI=1S/C23H17F3N.2ClH.Cr/c1-15-18(14-16-7-10-19(11-8-16)23(24,25)26)9-12-20(15)21-6-2-4-17-5-3-13-27-22(17)21;;;/h2-13H,14H2,1H3;2*1H;/q;;;+2/p-2. The SMILES string of the molecule is CC1=C(Cc2ccc(C(F)(F)F)cc2)C=C[C]1([Cr+2])c1cccc2cccnc12.[Cl-].[Cl-]. The van der Waals surface area contributed by atoms with Crippen LogP contribution in [0.15, 0.2) is 84.1 Å². The Morgan fingerprint density at radius 3 is 2.30 bits per heavy atom. The van der Waals surface area contributed by atoms with Crippen LogP contribution in [0.4, 0.5) is 13.2 Å².